The molecule has 1 saturated heterocycles. The van der Waals surface area contributed by atoms with E-state index in [2.05, 4.69) is 4.40 Å². The molecule has 1 fully saturated rings. The highest BCUT2D eigenvalue weighted by atomic mass is 35.5. The molecule has 0 aromatic heterocycles. The molecular formula is C23H16Cl2F7N3O2S. The molecule has 3 aliphatic heterocycles. The average molecular weight is 602 g/mol. The fourth-order valence-corrected chi connectivity index (χ4v) is 6.55. The Kier molecular flexibility index (Phi) is 6.41. The number of nitrogens with two attached hydrogens (primary N) is 1. The molecule has 2 N–H and O–H groups in total. The first-order valence-corrected chi connectivity index (χ1v) is 12.5. The van der Waals surface area contributed by atoms with Crippen molar-refractivity contribution < 1.29 is 40.3 Å². The number of ether oxygens (including phenoxy) is 1. The van der Waals surface area contributed by atoms with Crippen molar-refractivity contribution in [2.45, 2.75) is 41.6 Å². The Morgan fingerprint density at radius 3 is 2.29 bits per heavy atom. The molecule has 5 nitrogen and oxygen atoms in total. The van der Waals surface area contributed by atoms with Crippen LogP contribution in [0.25, 0.3) is 0 Å². The monoisotopic (exact) mass is 601 g/mol. The van der Waals surface area contributed by atoms with Gasteiger partial charge in [-0.3, -0.25) is 0 Å². The number of carbonyl (C=O) groups is 1. The number of hydrogen-bond acceptors (Lipinski definition) is 4. The van der Waals surface area contributed by atoms with E-state index < -0.39 is 68.2 Å². The lowest BCUT2D eigenvalue weighted by Crippen LogP contribution is -2.62. The van der Waals surface area contributed by atoms with Gasteiger partial charge in [-0.15, -0.1) is 0 Å². The van der Waals surface area contributed by atoms with Crippen LogP contribution in [0, 0.1) is 5.82 Å². The lowest BCUT2D eigenvalue weighted by atomic mass is 9.81. The molecule has 2 unspecified atom stereocenters. The highest BCUT2D eigenvalue weighted by Gasteiger charge is 2.62. The molecule has 2 amide bonds. The Balaban J connectivity index is 1.50. The third-order valence-electron chi connectivity index (χ3n) is 6.98. The van der Waals surface area contributed by atoms with Gasteiger partial charge >= 0.3 is 18.4 Å². The van der Waals surface area contributed by atoms with Crippen molar-refractivity contribution in [3.05, 3.63) is 68.4 Å². The van der Waals surface area contributed by atoms with Crippen molar-refractivity contribution in [3.8, 4) is 0 Å². The van der Waals surface area contributed by atoms with E-state index in [1.54, 1.807) is 0 Å². The second kappa shape index (κ2) is 8.90. The van der Waals surface area contributed by atoms with E-state index in [0.29, 0.717) is 23.3 Å². The molecule has 2 aromatic rings. The number of nitrogens with zero attached hydrogens (tertiary/aromatic N) is 2. The maximum Gasteiger partial charge on any atom is 0.409 e. The summed E-state index contributed by atoms with van der Waals surface area (Å²) >= 11 is 11.3. The SMILES string of the molecule is NC(=O)N1CC2(C1)OCc1cc(C(C3=NSC(c4cc(Cl)c(F)c(Cl)c4)(C(F)(F)F)C3)C(F)(F)F)ccc12. The maximum absolute atomic E-state index is 14.4. The number of hydrogen-bond donors (Lipinski definition) is 1. The van der Waals surface area contributed by atoms with Gasteiger partial charge < -0.3 is 15.4 Å². The van der Waals surface area contributed by atoms with Gasteiger partial charge in [-0.1, -0.05) is 41.4 Å². The van der Waals surface area contributed by atoms with Crippen LogP contribution in [-0.2, 0) is 21.7 Å². The van der Waals surface area contributed by atoms with Crippen molar-refractivity contribution in [1.29, 1.82) is 0 Å². The summed E-state index contributed by atoms with van der Waals surface area (Å²) in [5.74, 6) is -3.59. The van der Waals surface area contributed by atoms with Gasteiger partial charge in [-0.2, -0.15) is 26.3 Å². The lowest BCUT2D eigenvalue weighted by molar-refractivity contribution is -0.161. The van der Waals surface area contributed by atoms with Crippen LogP contribution >= 0.6 is 35.1 Å². The van der Waals surface area contributed by atoms with Gasteiger partial charge in [-0.05, 0) is 46.3 Å². The molecule has 38 heavy (non-hydrogen) atoms. The zero-order valence-corrected chi connectivity index (χ0v) is 21.2. The van der Waals surface area contributed by atoms with Gasteiger partial charge in [0.25, 0.3) is 0 Å². The van der Waals surface area contributed by atoms with E-state index in [-0.39, 0.29) is 37.2 Å². The maximum atomic E-state index is 14.4. The first-order valence-electron chi connectivity index (χ1n) is 10.9. The number of primary amides is 1. The zero-order valence-electron chi connectivity index (χ0n) is 18.9. The van der Waals surface area contributed by atoms with Crippen LogP contribution in [0.5, 0.6) is 0 Å². The Morgan fingerprint density at radius 2 is 1.74 bits per heavy atom. The first kappa shape index (κ1) is 27.4. The van der Waals surface area contributed by atoms with Gasteiger partial charge in [0.15, 0.2) is 10.6 Å². The highest BCUT2D eigenvalue weighted by molar-refractivity contribution is 7.99. The molecule has 1 spiro atoms. The quantitative estimate of drug-likeness (QED) is 0.238. The molecule has 0 saturated carbocycles. The molecular weight excluding hydrogens is 586 g/mol. The fourth-order valence-electron chi connectivity index (χ4n) is 5.08. The average Bonchev–Trinajstić information content (AvgIpc) is 3.38. The Labute approximate surface area is 225 Å². The summed E-state index contributed by atoms with van der Waals surface area (Å²) in [5, 5.41) is -1.40. The summed E-state index contributed by atoms with van der Waals surface area (Å²) in [5.41, 5.74) is 3.69. The number of carbonyl (C=O) groups excluding carboxylic acids is 1. The van der Waals surface area contributed by atoms with Gasteiger partial charge in [0, 0.05) is 12.1 Å². The minimum atomic E-state index is -5.09. The molecule has 15 heteroatoms. The van der Waals surface area contributed by atoms with Crippen molar-refractivity contribution >= 4 is 46.9 Å². The van der Waals surface area contributed by atoms with Crippen LogP contribution in [0.3, 0.4) is 0 Å². The molecule has 2 aromatic carbocycles. The van der Waals surface area contributed by atoms with E-state index in [9.17, 15) is 35.5 Å². The topological polar surface area (TPSA) is 67.9 Å². The lowest BCUT2D eigenvalue weighted by Gasteiger charge is -2.46. The number of urea groups is 1. The second-order valence-corrected chi connectivity index (χ2v) is 11.2. The van der Waals surface area contributed by atoms with Crippen molar-refractivity contribution in [2.75, 3.05) is 13.1 Å². The Hall–Kier alpha value is -2.22. The van der Waals surface area contributed by atoms with Gasteiger partial charge in [0.1, 0.15) is 11.5 Å². The van der Waals surface area contributed by atoms with E-state index >= 15 is 0 Å². The number of alkyl halides is 6. The van der Waals surface area contributed by atoms with E-state index in [4.69, 9.17) is 33.7 Å². The van der Waals surface area contributed by atoms with Gasteiger partial charge in [-0.25, -0.2) is 13.6 Å². The number of likely N-dealkylation sites (tertiary alicyclic amines) is 1. The number of benzene rings is 2. The number of halogens is 9. The summed E-state index contributed by atoms with van der Waals surface area (Å²) < 4.78 is 107. The Bertz CT molecular complexity index is 1340. The van der Waals surface area contributed by atoms with Gasteiger partial charge in [0.05, 0.1) is 29.7 Å². The molecule has 0 radical (unpaired) electrons. The predicted molar refractivity (Wildman–Crippen MR) is 127 cm³/mol. The minimum Gasteiger partial charge on any atom is -0.362 e. The number of fused-ring (bicyclic) bond motifs is 2. The van der Waals surface area contributed by atoms with Crippen molar-refractivity contribution in [3.63, 3.8) is 0 Å². The number of rotatable bonds is 3. The standard InChI is InChI=1S/C23H16Cl2F7N3O2S/c24-14-4-12(5-15(25)18(14)26)21(23(30,31)32)6-16(34-38-21)17(22(27,28)29)10-1-2-13-11(3-10)7-37-20(13)8-35(9-20)19(33)36/h1-5,17H,6-9H2,(H2,33,36). The summed E-state index contributed by atoms with van der Waals surface area (Å²) in [6.07, 6.45) is -11.2. The van der Waals surface area contributed by atoms with E-state index in [0.717, 1.165) is 0 Å². The summed E-state index contributed by atoms with van der Waals surface area (Å²) in [6, 6.07) is 4.58. The van der Waals surface area contributed by atoms with Crippen LogP contribution in [0.2, 0.25) is 10.0 Å². The van der Waals surface area contributed by atoms with E-state index in [1.165, 1.54) is 23.1 Å². The third kappa shape index (κ3) is 4.22. The highest BCUT2D eigenvalue weighted by Crippen LogP contribution is 2.59. The summed E-state index contributed by atoms with van der Waals surface area (Å²) in [4.78, 5) is 12.7. The minimum absolute atomic E-state index is 0.0410. The smallest absolute Gasteiger partial charge is 0.362 e. The first-order chi connectivity index (χ1) is 17.6. The molecule has 5 rings (SSSR count). The van der Waals surface area contributed by atoms with Crippen LogP contribution < -0.4 is 5.73 Å². The summed E-state index contributed by atoms with van der Waals surface area (Å²) in [6.45, 7) is 0.232. The van der Waals surface area contributed by atoms with Crippen LogP contribution in [-0.4, -0.2) is 42.1 Å². The van der Waals surface area contributed by atoms with E-state index in [1.807, 2.05) is 0 Å². The van der Waals surface area contributed by atoms with Crippen LogP contribution in [0.15, 0.2) is 34.7 Å². The molecule has 0 aliphatic carbocycles. The fraction of sp³-hybridized carbons (Fsp3) is 0.391. The predicted octanol–water partition coefficient (Wildman–Crippen LogP) is 6.85. The third-order valence-corrected chi connectivity index (χ3v) is 8.78. The largest absolute Gasteiger partial charge is 0.409 e. The van der Waals surface area contributed by atoms with Gasteiger partial charge in [0.2, 0.25) is 0 Å². The zero-order chi connectivity index (χ0) is 27.8. The molecule has 3 heterocycles. The van der Waals surface area contributed by atoms with Crippen LogP contribution in [0.1, 0.15) is 34.6 Å². The van der Waals surface area contributed by atoms with Crippen molar-refractivity contribution in [1.82, 2.24) is 4.90 Å². The molecule has 2 atom stereocenters. The van der Waals surface area contributed by atoms with Crippen LogP contribution in [0.4, 0.5) is 35.5 Å². The normalized spacial score (nSPS) is 23.3. The molecule has 0 bridgehead atoms. The second-order valence-electron chi connectivity index (χ2n) is 9.30. The number of amides is 2. The Morgan fingerprint density at radius 1 is 1.11 bits per heavy atom. The summed E-state index contributed by atoms with van der Waals surface area (Å²) in [7, 11) is 0. The molecule has 204 valence electrons. The molecule has 3 aliphatic rings. The van der Waals surface area contributed by atoms with Crippen molar-refractivity contribution in [2.24, 2.45) is 10.1 Å².